The number of methoxy groups -OCH3 is 1. The molecule has 0 atom stereocenters. The van der Waals surface area contributed by atoms with Gasteiger partial charge in [-0.25, -0.2) is 0 Å². The van der Waals surface area contributed by atoms with Gasteiger partial charge in [0.15, 0.2) is 0 Å². The molecule has 1 N–H and O–H groups in total. The lowest BCUT2D eigenvalue weighted by Gasteiger charge is -2.12. The summed E-state index contributed by atoms with van der Waals surface area (Å²) in [6.07, 6.45) is 1.40. The van der Waals surface area contributed by atoms with Crippen molar-refractivity contribution in [2.24, 2.45) is 0 Å². The Morgan fingerprint density at radius 1 is 1.23 bits per heavy atom. The van der Waals surface area contributed by atoms with E-state index in [1.54, 1.807) is 37.4 Å². The fourth-order valence-electron chi connectivity index (χ4n) is 2.66. The number of rotatable bonds is 7. The van der Waals surface area contributed by atoms with Crippen molar-refractivity contribution in [1.29, 1.82) is 0 Å². The SMILES string of the molecule is COc1ccc(CNC(=O)CN2C(=O)S/C(=C\c3cccc([N+](=O)[O-])c3)C2=O)cc1. The van der Waals surface area contributed by atoms with E-state index < -0.39 is 28.5 Å². The van der Waals surface area contributed by atoms with Crippen molar-refractivity contribution in [1.82, 2.24) is 10.2 Å². The van der Waals surface area contributed by atoms with Crippen LogP contribution in [0, 0.1) is 10.1 Å². The number of carbonyl (C=O) groups excluding carboxylic acids is 3. The van der Waals surface area contributed by atoms with Crippen molar-refractivity contribution < 1.29 is 24.0 Å². The van der Waals surface area contributed by atoms with Gasteiger partial charge in [0.25, 0.3) is 16.8 Å². The lowest BCUT2D eigenvalue weighted by Crippen LogP contribution is -2.39. The Morgan fingerprint density at radius 2 is 1.97 bits per heavy atom. The summed E-state index contributed by atoms with van der Waals surface area (Å²) >= 11 is 0.686. The molecule has 0 aromatic heterocycles. The van der Waals surface area contributed by atoms with E-state index in [9.17, 15) is 24.5 Å². The number of nitro benzene ring substituents is 1. The molecule has 3 rings (SSSR count). The second-order valence-corrected chi connectivity index (χ2v) is 7.24. The van der Waals surface area contributed by atoms with Gasteiger partial charge in [-0.15, -0.1) is 0 Å². The molecule has 1 saturated heterocycles. The third-order valence-electron chi connectivity index (χ3n) is 4.20. The molecule has 0 aliphatic carbocycles. The average Bonchev–Trinajstić information content (AvgIpc) is 3.00. The fourth-order valence-corrected chi connectivity index (χ4v) is 3.50. The number of amides is 3. The molecular weight excluding hydrogens is 410 g/mol. The number of imide groups is 1. The molecule has 0 bridgehead atoms. The third kappa shape index (κ3) is 5.03. The molecule has 2 aromatic carbocycles. The van der Waals surface area contributed by atoms with Crippen LogP contribution < -0.4 is 10.1 Å². The van der Waals surface area contributed by atoms with E-state index in [4.69, 9.17) is 4.74 Å². The van der Waals surface area contributed by atoms with Gasteiger partial charge in [-0.05, 0) is 41.1 Å². The van der Waals surface area contributed by atoms with Gasteiger partial charge in [0, 0.05) is 18.7 Å². The maximum Gasteiger partial charge on any atom is 0.294 e. The van der Waals surface area contributed by atoms with Crippen LogP contribution in [0.25, 0.3) is 6.08 Å². The summed E-state index contributed by atoms with van der Waals surface area (Å²) in [7, 11) is 1.56. The molecule has 1 fully saturated rings. The zero-order valence-corrected chi connectivity index (χ0v) is 16.7. The highest BCUT2D eigenvalue weighted by molar-refractivity contribution is 8.18. The zero-order chi connectivity index (χ0) is 21.7. The van der Waals surface area contributed by atoms with Crippen LogP contribution >= 0.6 is 11.8 Å². The zero-order valence-electron chi connectivity index (χ0n) is 15.9. The topological polar surface area (TPSA) is 119 Å². The van der Waals surface area contributed by atoms with Crippen molar-refractivity contribution in [2.45, 2.75) is 6.54 Å². The van der Waals surface area contributed by atoms with E-state index in [2.05, 4.69) is 5.32 Å². The second kappa shape index (κ2) is 9.23. The minimum absolute atomic E-state index is 0.100. The number of nitrogens with one attached hydrogen (secondary N) is 1. The van der Waals surface area contributed by atoms with E-state index in [1.807, 2.05) is 0 Å². The first-order valence-corrected chi connectivity index (χ1v) is 9.58. The number of nitrogens with zero attached hydrogens (tertiary/aromatic N) is 2. The van der Waals surface area contributed by atoms with Crippen LogP contribution in [0.15, 0.2) is 53.4 Å². The highest BCUT2D eigenvalue weighted by Crippen LogP contribution is 2.32. The van der Waals surface area contributed by atoms with E-state index in [0.29, 0.717) is 23.1 Å². The number of hydrogen-bond donors (Lipinski definition) is 1. The predicted molar refractivity (Wildman–Crippen MR) is 111 cm³/mol. The molecule has 1 heterocycles. The van der Waals surface area contributed by atoms with Crippen molar-refractivity contribution in [2.75, 3.05) is 13.7 Å². The standard InChI is InChI=1S/C20H17N3O6S/c1-29-16-7-5-13(6-8-16)11-21-18(24)12-22-19(25)17(30-20(22)26)10-14-3-2-4-15(9-14)23(27)28/h2-10H,11-12H2,1H3,(H,21,24)/b17-10-. The summed E-state index contributed by atoms with van der Waals surface area (Å²) in [5.41, 5.74) is 1.13. The molecule has 1 aliphatic heterocycles. The summed E-state index contributed by atoms with van der Waals surface area (Å²) in [6.45, 7) is -0.171. The molecule has 0 saturated carbocycles. The maximum absolute atomic E-state index is 12.5. The number of non-ortho nitro benzene ring substituents is 1. The lowest BCUT2D eigenvalue weighted by molar-refractivity contribution is -0.384. The lowest BCUT2D eigenvalue weighted by atomic mass is 10.2. The van der Waals surface area contributed by atoms with Gasteiger partial charge in [-0.3, -0.25) is 29.4 Å². The van der Waals surface area contributed by atoms with Gasteiger partial charge >= 0.3 is 0 Å². The van der Waals surface area contributed by atoms with Gasteiger partial charge in [0.05, 0.1) is 16.9 Å². The second-order valence-electron chi connectivity index (χ2n) is 6.24. The molecule has 0 unspecified atom stereocenters. The first-order valence-electron chi connectivity index (χ1n) is 8.77. The van der Waals surface area contributed by atoms with E-state index in [0.717, 1.165) is 10.5 Å². The van der Waals surface area contributed by atoms with Crippen LogP contribution in [0.5, 0.6) is 5.75 Å². The summed E-state index contributed by atoms with van der Waals surface area (Å²) in [5, 5.41) is 13.0. The molecule has 154 valence electrons. The molecule has 2 aromatic rings. The quantitative estimate of drug-likeness (QED) is 0.410. The van der Waals surface area contributed by atoms with Crippen molar-refractivity contribution in [3.63, 3.8) is 0 Å². The Morgan fingerprint density at radius 3 is 2.63 bits per heavy atom. The van der Waals surface area contributed by atoms with Crippen LogP contribution in [-0.4, -0.2) is 40.5 Å². The molecular formula is C20H17N3O6S. The van der Waals surface area contributed by atoms with Gasteiger partial charge in [-0.1, -0.05) is 24.3 Å². The Hall–Kier alpha value is -3.66. The van der Waals surface area contributed by atoms with Crippen LogP contribution in [0.4, 0.5) is 10.5 Å². The smallest absolute Gasteiger partial charge is 0.294 e. The number of benzene rings is 2. The van der Waals surface area contributed by atoms with Crippen LogP contribution in [0.3, 0.4) is 0 Å². The first kappa shape index (κ1) is 21.1. The molecule has 9 nitrogen and oxygen atoms in total. The summed E-state index contributed by atoms with van der Waals surface area (Å²) in [6, 6.07) is 12.8. The maximum atomic E-state index is 12.5. The van der Waals surface area contributed by atoms with Crippen molar-refractivity contribution in [3.8, 4) is 5.75 Å². The predicted octanol–water partition coefficient (Wildman–Crippen LogP) is 2.96. The number of thioether (sulfide) groups is 1. The van der Waals surface area contributed by atoms with Crippen LogP contribution in [0.1, 0.15) is 11.1 Å². The number of carbonyl (C=O) groups is 3. The Balaban J connectivity index is 1.62. The molecule has 0 spiro atoms. The van der Waals surface area contributed by atoms with Crippen molar-refractivity contribution in [3.05, 3.63) is 74.7 Å². The monoisotopic (exact) mass is 427 g/mol. The minimum Gasteiger partial charge on any atom is -0.497 e. The number of nitro groups is 1. The van der Waals surface area contributed by atoms with Gasteiger partial charge < -0.3 is 10.1 Å². The van der Waals surface area contributed by atoms with Crippen LogP contribution in [0.2, 0.25) is 0 Å². The number of hydrogen-bond acceptors (Lipinski definition) is 7. The molecule has 30 heavy (non-hydrogen) atoms. The van der Waals surface area contributed by atoms with E-state index in [1.165, 1.54) is 24.3 Å². The minimum atomic E-state index is -0.615. The summed E-state index contributed by atoms with van der Waals surface area (Å²) in [4.78, 5) is 48.1. The molecule has 3 amide bonds. The fraction of sp³-hybridized carbons (Fsp3) is 0.150. The number of ether oxygens (including phenoxy) is 1. The molecule has 10 heteroatoms. The van der Waals surface area contributed by atoms with Gasteiger partial charge in [0.1, 0.15) is 12.3 Å². The summed E-state index contributed by atoms with van der Waals surface area (Å²) in [5.74, 6) is -0.403. The average molecular weight is 427 g/mol. The normalized spacial score (nSPS) is 14.8. The van der Waals surface area contributed by atoms with E-state index >= 15 is 0 Å². The third-order valence-corrected chi connectivity index (χ3v) is 5.11. The Kier molecular flexibility index (Phi) is 6.48. The Labute approximate surface area is 175 Å². The largest absolute Gasteiger partial charge is 0.497 e. The van der Waals surface area contributed by atoms with Gasteiger partial charge in [0.2, 0.25) is 5.91 Å². The van der Waals surface area contributed by atoms with Crippen molar-refractivity contribution >= 4 is 40.6 Å². The summed E-state index contributed by atoms with van der Waals surface area (Å²) < 4.78 is 5.07. The highest BCUT2D eigenvalue weighted by Gasteiger charge is 2.36. The van der Waals surface area contributed by atoms with Gasteiger partial charge in [-0.2, -0.15) is 0 Å². The first-order chi connectivity index (χ1) is 14.4. The molecule has 1 aliphatic rings. The highest BCUT2D eigenvalue weighted by atomic mass is 32.2. The Bertz CT molecular complexity index is 1040. The van der Waals surface area contributed by atoms with E-state index in [-0.39, 0.29) is 17.1 Å². The van der Waals surface area contributed by atoms with Crippen LogP contribution in [-0.2, 0) is 16.1 Å². The molecule has 0 radical (unpaired) electrons.